The van der Waals surface area contributed by atoms with Gasteiger partial charge < -0.3 is 9.84 Å². The van der Waals surface area contributed by atoms with E-state index in [1.165, 1.54) is 0 Å². The SMILES string of the molecule is O=C(O)CC(c1ccc(OC2CS(=O)(=O)C2)c(Cl)c1)C1CC1. The van der Waals surface area contributed by atoms with Gasteiger partial charge in [-0.1, -0.05) is 17.7 Å². The summed E-state index contributed by atoms with van der Waals surface area (Å²) < 4.78 is 27.8. The zero-order valence-corrected chi connectivity index (χ0v) is 13.4. The van der Waals surface area contributed by atoms with Gasteiger partial charge in [0.1, 0.15) is 11.9 Å². The summed E-state index contributed by atoms with van der Waals surface area (Å²) in [6, 6.07) is 5.29. The fourth-order valence-electron chi connectivity index (χ4n) is 2.85. The number of benzene rings is 1. The first-order valence-corrected chi connectivity index (χ1v) is 9.42. The van der Waals surface area contributed by atoms with Crippen LogP contribution in [-0.4, -0.2) is 37.1 Å². The van der Waals surface area contributed by atoms with Gasteiger partial charge in [0.15, 0.2) is 9.84 Å². The maximum absolute atomic E-state index is 11.1. The summed E-state index contributed by atoms with van der Waals surface area (Å²) in [5, 5.41) is 9.44. The van der Waals surface area contributed by atoms with E-state index in [2.05, 4.69) is 0 Å². The van der Waals surface area contributed by atoms with Crippen LogP contribution in [0.2, 0.25) is 5.02 Å². The average molecular weight is 345 g/mol. The van der Waals surface area contributed by atoms with E-state index in [9.17, 15) is 13.2 Å². The van der Waals surface area contributed by atoms with E-state index in [0.29, 0.717) is 16.7 Å². The molecule has 1 aromatic rings. The molecule has 1 aromatic carbocycles. The van der Waals surface area contributed by atoms with E-state index in [1.54, 1.807) is 12.1 Å². The van der Waals surface area contributed by atoms with Crippen LogP contribution in [0.15, 0.2) is 18.2 Å². The van der Waals surface area contributed by atoms with Gasteiger partial charge in [0, 0.05) is 0 Å². The van der Waals surface area contributed by atoms with Crippen LogP contribution in [0.3, 0.4) is 0 Å². The smallest absolute Gasteiger partial charge is 0.303 e. The molecule has 0 bridgehead atoms. The first-order valence-electron chi connectivity index (χ1n) is 7.22. The Kier molecular flexibility index (Phi) is 4.07. The molecule has 0 amide bonds. The normalized spacial score (nSPS) is 21.9. The third kappa shape index (κ3) is 3.55. The summed E-state index contributed by atoms with van der Waals surface area (Å²) >= 11 is 6.21. The first kappa shape index (κ1) is 15.6. The summed E-state index contributed by atoms with van der Waals surface area (Å²) in [5.74, 6) is 0.0795. The van der Waals surface area contributed by atoms with Gasteiger partial charge in [-0.2, -0.15) is 0 Å². The molecule has 3 rings (SSSR count). The highest BCUT2D eigenvalue weighted by Crippen LogP contribution is 2.45. The van der Waals surface area contributed by atoms with Crippen molar-refractivity contribution in [2.45, 2.75) is 31.3 Å². The topological polar surface area (TPSA) is 80.7 Å². The summed E-state index contributed by atoms with van der Waals surface area (Å²) in [6.45, 7) is 0. The molecule has 1 N–H and O–H groups in total. The van der Waals surface area contributed by atoms with Gasteiger partial charge in [-0.05, 0) is 42.4 Å². The lowest BCUT2D eigenvalue weighted by molar-refractivity contribution is -0.137. The van der Waals surface area contributed by atoms with Crippen LogP contribution in [0, 0.1) is 5.92 Å². The van der Waals surface area contributed by atoms with Crippen molar-refractivity contribution < 1.29 is 23.1 Å². The Morgan fingerprint density at radius 2 is 2.05 bits per heavy atom. The Hall–Kier alpha value is -1.27. The molecule has 1 unspecified atom stereocenters. The second-order valence-electron chi connectivity index (χ2n) is 6.05. The van der Waals surface area contributed by atoms with Crippen LogP contribution in [0.5, 0.6) is 5.75 Å². The molecular weight excluding hydrogens is 328 g/mol. The number of aliphatic carboxylic acids is 1. The molecule has 1 heterocycles. The highest BCUT2D eigenvalue weighted by atomic mass is 35.5. The highest BCUT2D eigenvalue weighted by Gasteiger charge is 2.36. The lowest BCUT2D eigenvalue weighted by atomic mass is 9.91. The van der Waals surface area contributed by atoms with E-state index >= 15 is 0 Å². The minimum absolute atomic E-state index is 0.0202. The number of carboxylic acid groups (broad SMARTS) is 1. The maximum Gasteiger partial charge on any atom is 0.303 e. The Labute approximate surface area is 134 Å². The molecule has 2 fully saturated rings. The second-order valence-corrected chi connectivity index (χ2v) is 8.61. The predicted molar refractivity (Wildman–Crippen MR) is 82.2 cm³/mol. The fraction of sp³-hybridized carbons (Fsp3) is 0.533. The number of carbonyl (C=O) groups is 1. The molecule has 1 aliphatic heterocycles. The Morgan fingerprint density at radius 1 is 1.36 bits per heavy atom. The minimum Gasteiger partial charge on any atom is -0.487 e. The molecular formula is C15H17ClO5S. The van der Waals surface area contributed by atoms with Crippen molar-refractivity contribution in [2.75, 3.05) is 11.5 Å². The van der Waals surface area contributed by atoms with E-state index in [1.807, 2.05) is 6.07 Å². The number of sulfone groups is 1. The molecule has 120 valence electrons. The fourth-order valence-corrected chi connectivity index (χ4v) is 4.26. The van der Waals surface area contributed by atoms with Crippen molar-refractivity contribution in [3.8, 4) is 5.75 Å². The van der Waals surface area contributed by atoms with Gasteiger partial charge in [-0.15, -0.1) is 0 Å². The van der Waals surface area contributed by atoms with Gasteiger partial charge >= 0.3 is 5.97 Å². The van der Waals surface area contributed by atoms with Crippen molar-refractivity contribution in [3.63, 3.8) is 0 Å². The van der Waals surface area contributed by atoms with Gasteiger partial charge in [-0.25, -0.2) is 8.42 Å². The highest BCUT2D eigenvalue weighted by molar-refractivity contribution is 7.92. The van der Waals surface area contributed by atoms with Crippen LogP contribution in [0.4, 0.5) is 0 Å². The van der Waals surface area contributed by atoms with Crippen molar-refractivity contribution in [2.24, 2.45) is 5.92 Å². The molecule has 1 aliphatic carbocycles. The third-order valence-corrected chi connectivity index (χ3v) is 6.20. The molecule has 0 radical (unpaired) electrons. The maximum atomic E-state index is 11.1. The number of ether oxygens (including phenoxy) is 1. The summed E-state index contributed by atoms with van der Waals surface area (Å²) in [6.07, 6.45) is 1.86. The van der Waals surface area contributed by atoms with E-state index < -0.39 is 15.8 Å². The quantitative estimate of drug-likeness (QED) is 0.857. The zero-order chi connectivity index (χ0) is 15.9. The predicted octanol–water partition coefficient (Wildman–Crippen LogP) is 2.48. The van der Waals surface area contributed by atoms with Crippen molar-refractivity contribution in [3.05, 3.63) is 28.8 Å². The molecule has 7 heteroatoms. The Balaban J connectivity index is 1.72. The Morgan fingerprint density at radius 3 is 2.55 bits per heavy atom. The number of carboxylic acids is 1. The van der Waals surface area contributed by atoms with Gasteiger partial charge in [0.05, 0.1) is 22.9 Å². The molecule has 22 heavy (non-hydrogen) atoms. The van der Waals surface area contributed by atoms with Crippen LogP contribution < -0.4 is 4.74 Å². The van der Waals surface area contributed by atoms with Crippen molar-refractivity contribution in [1.29, 1.82) is 0 Å². The molecule has 1 saturated heterocycles. The standard InChI is InChI=1S/C15H17ClO5S/c16-13-5-10(12(6-15(17)18)9-1-2-9)3-4-14(13)21-11-7-22(19,20)8-11/h3-5,9,11-12H,1-2,6-8H2,(H,17,18). The molecule has 1 saturated carbocycles. The van der Waals surface area contributed by atoms with E-state index in [-0.39, 0.29) is 29.9 Å². The molecule has 1 atom stereocenters. The summed E-state index contributed by atoms with van der Waals surface area (Å²) in [5.41, 5.74) is 0.906. The number of rotatable bonds is 6. The second kappa shape index (κ2) is 5.74. The minimum atomic E-state index is -2.94. The van der Waals surface area contributed by atoms with Gasteiger partial charge in [0.25, 0.3) is 0 Å². The lowest BCUT2D eigenvalue weighted by Crippen LogP contribution is -2.45. The monoisotopic (exact) mass is 344 g/mol. The number of hydrogen-bond acceptors (Lipinski definition) is 4. The van der Waals surface area contributed by atoms with Gasteiger partial charge in [0.2, 0.25) is 0 Å². The van der Waals surface area contributed by atoms with E-state index in [4.69, 9.17) is 21.4 Å². The number of halogens is 1. The van der Waals surface area contributed by atoms with Crippen LogP contribution >= 0.6 is 11.6 Å². The first-order chi connectivity index (χ1) is 10.3. The average Bonchev–Trinajstić information content (AvgIpc) is 3.20. The molecule has 2 aliphatic rings. The van der Waals surface area contributed by atoms with E-state index in [0.717, 1.165) is 18.4 Å². The third-order valence-electron chi connectivity index (χ3n) is 4.14. The summed E-state index contributed by atoms with van der Waals surface area (Å²) in [4.78, 5) is 11.0. The van der Waals surface area contributed by atoms with Crippen molar-refractivity contribution in [1.82, 2.24) is 0 Å². The Bertz CT molecular complexity index is 684. The lowest BCUT2D eigenvalue weighted by Gasteiger charge is -2.27. The van der Waals surface area contributed by atoms with Gasteiger partial charge in [-0.3, -0.25) is 4.79 Å². The van der Waals surface area contributed by atoms with Crippen molar-refractivity contribution >= 4 is 27.4 Å². The molecule has 0 spiro atoms. The van der Waals surface area contributed by atoms with Crippen LogP contribution in [0.1, 0.15) is 30.7 Å². The number of hydrogen-bond donors (Lipinski definition) is 1. The van der Waals surface area contributed by atoms with Crippen LogP contribution in [-0.2, 0) is 14.6 Å². The summed E-state index contributed by atoms with van der Waals surface area (Å²) in [7, 11) is -2.94. The largest absolute Gasteiger partial charge is 0.487 e. The van der Waals surface area contributed by atoms with Crippen LogP contribution in [0.25, 0.3) is 0 Å². The zero-order valence-electron chi connectivity index (χ0n) is 11.9. The molecule has 5 nitrogen and oxygen atoms in total. The molecule has 0 aromatic heterocycles.